The quantitative estimate of drug-likeness (QED) is 0.201. The number of benzene rings is 1. The number of carbonyl (C=O) groups excluding carboxylic acids is 1. The van der Waals surface area contributed by atoms with Crippen molar-refractivity contribution in [3.05, 3.63) is 68.0 Å². The number of methoxy groups -OCH3 is 1. The highest BCUT2D eigenvalue weighted by Gasteiger charge is 2.13. The van der Waals surface area contributed by atoms with E-state index >= 15 is 0 Å². The Hall–Kier alpha value is -1.75. The van der Waals surface area contributed by atoms with Gasteiger partial charge in [0.05, 0.1) is 23.8 Å². The summed E-state index contributed by atoms with van der Waals surface area (Å²) in [5.41, 5.74) is 1.43. The molecular formula is C20H20Cl3FO3. The molecule has 1 rings (SSSR count). The van der Waals surface area contributed by atoms with Gasteiger partial charge in [-0.15, -0.1) is 0 Å². The molecule has 0 fully saturated rings. The Balaban J connectivity index is 3.00. The average molecular weight is 434 g/mol. The average Bonchev–Trinajstić information content (AvgIpc) is 2.62. The molecule has 0 saturated heterocycles. The first kappa shape index (κ1) is 23.3. The molecular weight excluding hydrogens is 414 g/mol. The molecule has 3 nitrogen and oxygen atoms in total. The standard InChI is InChI=1S/C20H20Cl3FO3/c1-5-27-18(25)10-13(3)16(24)9-7-12(2)6-8-14-15(21)11-17(26-4)20(23)19(14)22/h6-11H,5H2,1-4H3/b8-6+,12-7+,13-10+,16-9-. The van der Waals surface area contributed by atoms with Crippen LogP contribution in [0.4, 0.5) is 4.39 Å². The summed E-state index contributed by atoms with van der Waals surface area (Å²) in [5, 5.41) is 0.899. The van der Waals surface area contributed by atoms with Gasteiger partial charge in [-0.05, 0) is 32.4 Å². The third kappa shape index (κ3) is 7.06. The molecule has 0 amide bonds. The van der Waals surface area contributed by atoms with Crippen molar-refractivity contribution in [1.82, 2.24) is 0 Å². The Bertz CT molecular complexity index is 824. The molecule has 0 bridgehead atoms. The summed E-state index contributed by atoms with van der Waals surface area (Å²) < 4.78 is 23.9. The first-order valence-corrected chi connectivity index (χ1v) is 9.13. The molecule has 1 aromatic rings. The van der Waals surface area contributed by atoms with Gasteiger partial charge in [0, 0.05) is 17.7 Å². The molecule has 0 heterocycles. The van der Waals surface area contributed by atoms with Crippen LogP contribution in [-0.4, -0.2) is 19.7 Å². The summed E-state index contributed by atoms with van der Waals surface area (Å²) in [4.78, 5) is 11.3. The molecule has 0 atom stereocenters. The monoisotopic (exact) mass is 432 g/mol. The second-order valence-electron chi connectivity index (χ2n) is 5.44. The van der Waals surface area contributed by atoms with Gasteiger partial charge in [-0.2, -0.15) is 0 Å². The summed E-state index contributed by atoms with van der Waals surface area (Å²) in [7, 11) is 1.47. The van der Waals surface area contributed by atoms with Gasteiger partial charge in [-0.1, -0.05) is 58.6 Å². The summed E-state index contributed by atoms with van der Waals surface area (Å²) in [6.07, 6.45) is 7.31. The van der Waals surface area contributed by atoms with Gasteiger partial charge < -0.3 is 9.47 Å². The van der Waals surface area contributed by atoms with E-state index in [1.807, 2.05) is 0 Å². The van der Waals surface area contributed by atoms with E-state index in [1.165, 1.54) is 20.1 Å². The van der Waals surface area contributed by atoms with E-state index in [0.29, 0.717) is 16.3 Å². The lowest BCUT2D eigenvalue weighted by atomic mass is 10.1. The number of carbonyl (C=O) groups is 1. The third-order valence-electron chi connectivity index (χ3n) is 3.38. The topological polar surface area (TPSA) is 35.5 Å². The third-order valence-corrected chi connectivity index (χ3v) is 4.56. The Kier molecular flexibility index (Phi) is 9.64. The van der Waals surface area contributed by atoms with Crippen LogP contribution in [0.3, 0.4) is 0 Å². The Morgan fingerprint density at radius 1 is 1.19 bits per heavy atom. The van der Waals surface area contributed by atoms with Crippen LogP contribution in [0.25, 0.3) is 6.08 Å². The molecule has 1 aromatic carbocycles. The van der Waals surface area contributed by atoms with E-state index in [9.17, 15) is 9.18 Å². The minimum atomic E-state index is -0.584. The normalized spacial score (nSPS) is 13.3. The van der Waals surface area contributed by atoms with E-state index in [-0.39, 0.29) is 22.2 Å². The van der Waals surface area contributed by atoms with Crippen LogP contribution in [0.15, 0.2) is 47.3 Å². The van der Waals surface area contributed by atoms with E-state index in [1.54, 1.807) is 38.1 Å². The zero-order valence-electron chi connectivity index (χ0n) is 15.4. The lowest BCUT2D eigenvalue weighted by Gasteiger charge is -2.09. The second-order valence-corrected chi connectivity index (χ2v) is 6.60. The predicted molar refractivity (Wildman–Crippen MR) is 110 cm³/mol. The van der Waals surface area contributed by atoms with Crippen LogP contribution in [0.5, 0.6) is 5.75 Å². The van der Waals surface area contributed by atoms with Crippen molar-refractivity contribution in [1.29, 1.82) is 0 Å². The van der Waals surface area contributed by atoms with Crippen molar-refractivity contribution in [2.75, 3.05) is 13.7 Å². The minimum Gasteiger partial charge on any atom is -0.495 e. The zero-order chi connectivity index (χ0) is 20.6. The van der Waals surface area contributed by atoms with Crippen molar-refractivity contribution >= 4 is 46.8 Å². The molecule has 0 spiro atoms. The number of ether oxygens (including phenoxy) is 2. The second kappa shape index (κ2) is 11.2. The number of allylic oxidation sites excluding steroid dienone is 6. The highest BCUT2D eigenvalue weighted by molar-refractivity contribution is 6.45. The largest absolute Gasteiger partial charge is 0.495 e. The van der Waals surface area contributed by atoms with E-state index < -0.39 is 11.8 Å². The van der Waals surface area contributed by atoms with Gasteiger partial charge in [0.1, 0.15) is 16.6 Å². The number of halogens is 4. The Labute approximate surface area is 173 Å². The van der Waals surface area contributed by atoms with E-state index in [4.69, 9.17) is 44.3 Å². The molecule has 0 aliphatic carbocycles. The fraction of sp³-hybridized carbons (Fsp3) is 0.250. The van der Waals surface area contributed by atoms with Gasteiger partial charge in [0.15, 0.2) is 0 Å². The lowest BCUT2D eigenvalue weighted by molar-refractivity contribution is -0.137. The van der Waals surface area contributed by atoms with Gasteiger partial charge in [-0.25, -0.2) is 9.18 Å². The van der Waals surface area contributed by atoms with Crippen molar-refractivity contribution in [2.45, 2.75) is 20.8 Å². The van der Waals surface area contributed by atoms with E-state index in [0.717, 1.165) is 11.6 Å². The van der Waals surface area contributed by atoms with Crippen molar-refractivity contribution in [3.8, 4) is 5.75 Å². The number of rotatable bonds is 7. The molecule has 0 aliphatic rings. The van der Waals surface area contributed by atoms with Crippen LogP contribution in [0.1, 0.15) is 26.3 Å². The number of esters is 1. The summed E-state index contributed by atoms with van der Waals surface area (Å²) in [6.45, 7) is 5.18. The van der Waals surface area contributed by atoms with Crippen LogP contribution in [0, 0.1) is 0 Å². The minimum absolute atomic E-state index is 0.175. The molecule has 27 heavy (non-hydrogen) atoms. The van der Waals surface area contributed by atoms with Crippen molar-refractivity contribution in [2.24, 2.45) is 0 Å². The molecule has 0 unspecified atom stereocenters. The van der Waals surface area contributed by atoms with Gasteiger partial charge in [-0.3, -0.25) is 0 Å². The first-order valence-electron chi connectivity index (χ1n) is 8.00. The summed E-state index contributed by atoms with van der Waals surface area (Å²) >= 11 is 18.5. The van der Waals surface area contributed by atoms with Crippen molar-refractivity contribution < 1.29 is 18.7 Å². The Morgan fingerprint density at radius 3 is 2.44 bits per heavy atom. The zero-order valence-corrected chi connectivity index (χ0v) is 17.7. The van der Waals surface area contributed by atoms with Crippen LogP contribution in [-0.2, 0) is 9.53 Å². The molecule has 0 radical (unpaired) electrons. The van der Waals surface area contributed by atoms with Crippen LogP contribution >= 0.6 is 34.8 Å². The molecule has 0 aromatic heterocycles. The molecule has 0 N–H and O–H groups in total. The summed E-state index contributed by atoms with van der Waals surface area (Å²) in [5.74, 6) is -0.746. The van der Waals surface area contributed by atoms with Gasteiger partial charge >= 0.3 is 5.97 Å². The number of hydrogen-bond donors (Lipinski definition) is 0. The highest BCUT2D eigenvalue weighted by atomic mass is 35.5. The maximum Gasteiger partial charge on any atom is 0.331 e. The van der Waals surface area contributed by atoms with Gasteiger partial charge in [0.2, 0.25) is 0 Å². The van der Waals surface area contributed by atoms with Gasteiger partial charge in [0.25, 0.3) is 0 Å². The maximum absolute atomic E-state index is 14.0. The summed E-state index contributed by atoms with van der Waals surface area (Å²) in [6, 6.07) is 1.57. The fourth-order valence-corrected chi connectivity index (χ4v) is 2.72. The van der Waals surface area contributed by atoms with E-state index in [2.05, 4.69) is 0 Å². The van der Waals surface area contributed by atoms with Crippen LogP contribution < -0.4 is 4.74 Å². The predicted octanol–water partition coefficient (Wildman–Crippen LogP) is 6.98. The first-order chi connectivity index (χ1) is 12.7. The SMILES string of the molecule is CCOC(=O)/C=C(C)/C(F)=C/C=C(C)/C=C/c1c(Cl)cc(OC)c(Cl)c1Cl. The molecule has 146 valence electrons. The highest BCUT2D eigenvalue weighted by Crippen LogP contribution is 2.39. The lowest BCUT2D eigenvalue weighted by Crippen LogP contribution is -2.00. The van der Waals surface area contributed by atoms with Crippen LogP contribution in [0.2, 0.25) is 15.1 Å². The number of hydrogen-bond acceptors (Lipinski definition) is 3. The molecule has 7 heteroatoms. The smallest absolute Gasteiger partial charge is 0.331 e. The molecule has 0 saturated carbocycles. The Morgan fingerprint density at radius 2 is 1.85 bits per heavy atom. The fourth-order valence-electron chi connectivity index (χ4n) is 1.92. The molecule has 0 aliphatic heterocycles. The van der Waals surface area contributed by atoms with Crippen molar-refractivity contribution in [3.63, 3.8) is 0 Å². The maximum atomic E-state index is 14.0.